The second-order valence-corrected chi connectivity index (χ2v) is 4.98. The normalized spacial score (nSPS) is 12.3. The fourth-order valence-corrected chi connectivity index (χ4v) is 2.01. The Bertz CT molecular complexity index is 751. The topological polar surface area (TPSA) is 112 Å². The molecule has 3 N–H and O–H groups in total. The van der Waals surface area contributed by atoms with E-state index >= 15 is 0 Å². The third-order valence-corrected chi connectivity index (χ3v) is 3.13. The van der Waals surface area contributed by atoms with Crippen LogP contribution in [0.3, 0.4) is 0 Å². The number of fused-ring (bicyclic) bond motifs is 1. The first-order valence-corrected chi connectivity index (χ1v) is 6.43. The molecule has 1 aromatic carbocycles. The summed E-state index contributed by atoms with van der Waals surface area (Å²) < 4.78 is 0. The van der Waals surface area contributed by atoms with E-state index in [2.05, 4.69) is 15.5 Å². The maximum absolute atomic E-state index is 12.2. The first-order valence-electron chi connectivity index (χ1n) is 6.43. The van der Waals surface area contributed by atoms with Crippen molar-refractivity contribution >= 4 is 22.6 Å². The number of aromatic nitrogens is 2. The third kappa shape index (κ3) is 2.91. The molecule has 7 heteroatoms. The van der Waals surface area contributed by atoms with Gasteiger partial charge >= 0.3 is 5.97 Å². The molecule has 110 valence electrons. The average Bonchev–Trinajstić information content (AvgIpc) is 2.44. The van der Waals surface area contributed by atoms with Gasteiger partial charge in [-0.3, -0.25) is 9.59 Å². The number of nitrogens with one attached hydrogen (secondary N) is 2. The monoisotopic (exact) mass is 289 g/mol. The van der Waals surface area contributed by atoms with Crippen molar-refractivity contribution in [2.75, 3.05) is 0 Å². The van der Waals surface area contributed by atoms with E-state index in [9.17, 15) is 14.4 Å². The number of carbonyl (C=O) groups excluding carboxylic acids is 1. The maximum Gasteiger partial charge on any atom is 0.326 e. The van der Waals surface area contributed by atoms with E-state index in [1.807, 2.05) is 0 Å². The lowest BCUT2D eigenvalue weighted by molar-refractivity contribution is -0.140. The number of carboxylic acid groups (broad SMARTS) is 1. The van der Waals surface area contributed by atoms with Crippen LogP contribution in [0.15, 0.2) is 29.1 Å². The molecule has 1 heterocycles. The highest BCUT2D eigenvalue weighted by Gasteiger charge is 2.25. The van der Waals surface area contributed by atoms with Crippen LogP contribution in [0.4, 0.5) is 0 Å². The highest BCUT2D eigenvalue weighted by molar-refractivity contribution is 6.05. The molecule has 0 aliphatic rings. The Hall–Kier alpha value is -2.70. The number of hydrogen-bond acceptors (Lipinski definition) is 4. The number of nitrogens with zero attached hydrogens (tertiary/aromatic N) is 1. The molecule has 1 aromatic heterocycles. The number of hydrogen-bond donors (Lipinski definition) is 3. The van der Waals surface area contributed by atoms with Crippen LogP contribution >= 0.6 is 0 Å². The molecule has 7 nitrogen and oxygen atoms in total. The van der Waals surface area contributed by atoms with E-state index in [0.29, 0.717) is 10.8 Å². The van der Waals surface area contributed by atoms with E-state index in [4.69, 9.17) is 5.11 Å². The van der Waals surface area contributed by atoms with Crippen LogP contribution < -0.4 is 10.9 Å². The van der Waals surface area contributed by atoms with Gasteiger partial charge in [0.1, 0.15) is 6.04 Å². The fourth-order valence-electron chi connectivity index (χ4n) is 2.01. The van der Waals surface area contributed by atoms with Gasteiger partial charge < -0.3 is 10.4 Å². The Morgan fingerprint density at radius 1 is 1.24 bits per heavy atom. The largest absolute Gasteiger partial charge is 0.480 e. The molecule has 21 heavy (non-hydrogen) atoms. The first-order chi connectivity index (χ1) is 9.91. The number of rotatable bonds is 4. The van der Waals surface area contributed by atoms with Crippen LogP contribution in [0.1, 0.15) is 24.3 Å². The summed E-state index contributed by atoms with van der Waals surface area (Å²) in [5.41, 5.74) is -0.405. The first kappa shape index (κ1) is 14.7. The summed E-state index contributed by atoms with van der Waals surface area (Å²) in [4.78, 5) is 35.0. The summed E-state index contributed by atoms with van der Waals surface area (Å²) in [6.45, 7) is 3.38. The lowest BCUT2D eigenvalue weighted by Gasteiger charge is -2.17. The summed E-state index contributed by atoms with van der Waals surface area (Å²) in [5, 5.41) is 18.2. The lowest BCUT2D eigenvalue weighted by atomic mass is 10.0. The second-order valence-electron chi connectivity index (χ2n) is 4.98. The molecule has 1 amide bonds. The van der Waals surface area contributed by atoms with Gasteiger partial charge in [0.2, 0.25) is 0 Å². The lowest BCUT2D eigenvalue weighted by Crippen LogP contribution is -2.44. The maximum atomic E-state index is 12.2. The van der Waals surface area contributed by atoms with Crippen molar-refractivity contribution in [1.82, 2.24) is 15.5 Å². The van der Waals surface area contributed by atoms with Crippen molar-refractivity contribution in [3.8, 4) is 0 Å². The van der Waals surface area contributed by atoms with Gasteiger partial charge in [-0.25, -0.2) is 9.89 Å². The molecule has 0 saturated heterocycles. The highest BCUT2D eigenvalue weighted by Crippen LogP contribution is 2.13. The van der Waals surface area contributed by atoms with Crippen LogP contribution in [0.5, 0.6) is 0 Å². The van der Waals surface area contributed by atoms with Crippen LogP contribution in [0, 0.1) is 5.92 Å². The Morgan fingerprint density at radius 3 is 2.43 bits per heavy atom. The Labute approximate surface area is 120 Å². The van der Waals surface area contributed by atoms with E-state index in [-0.39, 0.29) is 11.6 Å². The number of benzene rings is 1. The van der Waals surface area contributed by atoms with Crippen LogP contribution in [0.2, 0.25) is 0 Å². The van der Waals surface area contributed by atoms with E-state index in [1.54, 1.807) is 38.1 Å². The van der Waals surface area contributed by atoms with Crippen LogP contribution in [-0.4, -0.2) is 33.2 Å². The molecule has 1 atom stereocenters. The molecule has 0 unspecified atom stereocenters. The molecule has 2 rings (SSSR count). The molecular formula is C14H15N3O4. The van der Waals surface area contributed by atoms with Gasteiger partial charge in [-0.15, -0.1) is 0 Å². The summed E-state index contributed by atoms with van der Waals surface area (Å²) in [6, 6.07) is 5.50. The minimum absolute atomic E-state index is 0.00269. The van der Waals surface area contributed by atoms with Gasteiger partial charge in [0.05, 0.1) is 5.39 Å². The molecule has 0 fully saturated rings. The van der Waals surface area contributed by atoms with Crippen molar-refractivity contribution in [2.24, 2.45) is 5.92 Å². The Balaban J connectivity index is 2.43. The van der Waals surface area contributed by atoms with E-state index in [1.165, 1.54) is 0 Å². The minimum Gasteiger partial charge on any atom is -0.480 e. The van der Waals surface area contributed by atoms with Crippen molar-refractivity contribution in [2.45, 2.75) is 19.9 Å². The van der Waals surface area contributed by atoms with Crippen molar-refractivity contribution in [1.29, 1.82) is 0 Å². The SMILES string of the molecule is CC(C)[C@H](NC(=O)c1n[nH]c(=O)c2ccccc12)C(=O)O. The predicted molar refractivity (Wildman–Crippen MR) is 76.1 cm³/mol. The van der Waals surface area contributed by atoms with E-state index in [0.717, 1.165) is 0 Å². The molecule has 0 saturated carbocycles. The van der Waals surface area contributed by atoms with Gasteiger partial charge in [-0.05, 0) is 12.0 Å². The molecule has 0 bridgehead atoms. The Kier molecular flexibility index (Phi) is 4.02. The number of H-pyrrole nitrogens is 1. The van der Waals surface area contributed by atoms with Gasteiger partial charge in [0.15, 0.2) is 5.69 Å². The second kappa shape index (κ2) is 5.74. The fraction of sp³-hybridized carbons (Fsp3) is 0.286. The summed E-state index contributed by atoms with van der Waals surface area (Å²) in [6.07, 6.45) is 0. The van der Waals surface area contributed by atoms with E-state index < -0.39 is 23.5 Å². The third-order valence-electron chi connectivity index (χ3n) is 3.13. The molecule has 0 spiro atoms. The average molecular weight is 289 g/mol. The van der Waals surface area contributed by atoms with Gasteiger partial charge in [-0.2, -0.15) is 5.10 Å². The van der Waals surface area contributed by atoms with Crippen molar-refractivity contribution in [3.05, 3.63) is 40.3 Å². The van der Waals surface area contributed by atoms with Gasteiger partial charge in [0, 0.05) is 5.39 Å². The zero-order chi connectivity index (χ0) is 15.6. The number of aromatic amines is 1. The number of aliphatic carboxylic acids is 1. The highest BCUT2D eigenvalue weighted by atomic mass is 16.4. The Morgan fingerprint density at radius 2 is 1.86 bits per heavy atom. The van der Waals surface area contributed by atoms with Crippen LogP contribution in [0.25, 0.3) is 10.8 Å². The van der Waals surface area contributed by atoms with Gasteiger partial charge in [-0.1, -0.05) is 32.0 Å². The standard InChI is InChI=1S/C14H15N3O4/c1-7(2)10(14(20)21)15-13(19)11-8-5-3-4-6-9(8)12(18)17-16-11/h3-7,10H,1-2H3,(H,15,19)(H,17,18)(H,20,21)/t10-/m0/s1. The molecule has 0 aliphatic heterocycles. The quantitative estimate of drug-likeness (QED) is 0.769. The zero-order valence-corrected chi connectivity index (χ0v) is 11.6. The zero-order valence-electron chi connectivity index (χ0n) is 11.6. The number of carbonyl (C=O) groups is 2. The minimum atomic E-state index is -1.12. The molecule has 0 aliphatic carbocycles. The molecular weight excluding hydrogens is 274 g/mol. The van der Waals surface area contributed by atoms with Crippen LogP contribution in [-0.2, 0) is 4.79 Å². The van der Waals surface area contributed by atoms with Crippen molar-refractivity contribution in [3.63, 3.8) is 0 Å². The smallest absolute Gasteiger partial charge is 0.326 e. The summed E-state index contributed by atoms with van der Waals surface area (Å²) in [5.74, 6) is -2.03. The van der Waals surface area contributed by atoms with Crippen molar-refractivity contribution < 1.29 is 14.7 Å². The molecule has 2 aromatic rings. The number of carboxylic acids is 1. The molecule has 0 radical (unpaired) electrons. The van der Waals surface area contributed by atoms with Gasteiger partial charge in [0.25, 0.3) is 11.5 Å². The summed E-state index contributed by atoms with van der Waals surface area (Å²) >= 11 is 0. The summed E-state index contributed by atoms with van der Waals surface area (Å²) in [7, 11) is 0. The number of amides is 1. The predicted octanol–water partition coefficient (Wildman–Crippen LogP) is 0.762.